The molecule has 3 aromatic rings. The Morgan fingerprint density at radius 1 is 1.03 bits per heavy atom. The summed E-state index contributed by atoms with van der Waals surface area (Å²) in [5, 5.41) is 5.00. The molecule has 0 saturated carbocycles. The smallest absolute Gasteiger partial charge is 0.272 e. The van der Waals surface area contributed by atoms with Gasteiger partial charge >= 0.3 is 0 Å². The van der Waals surface area contributed by atoms with E-state index in [0.717, 1.165) is 5.56 Å². The SMILES string of the molecule is COc1cc(/C=N\NC(=O)c2ccc(Cl)cc2Cl)cc(Cl)c1OCc1ccc(C)cc1. The second-order valence-electron chi connectivity index (χ2n) is 6.63. The van der Waals surface area contributed by atoms with Gasteiger partial charge in [0.2, 0.25) is 0 Å². The van der Waals surface area contributed by atoms with Crippen LogP contribution in [-0.2, 0) is 6.61 Å². The summed E-state index contributed by atoms with van der Waals surface area (Å²) in [6, 6.07) is 16.0. The Kier molecular flexibility index (Phi) is 7.80. The van der Waals surface area contributed by atoms with Gasteiger partial charge in [-0.1, -0.05) is 64.6 Å². The average molecular weight is 478 g/mol. The van der Waals surface area contributed by atoms with Gasteiger partial charge in [-0.25, -0.2) is 5.43 Å². The molecule has 0 fully saturated rings. The molecular formula is C23H19Cl3N2O3. The van der Waals surface area contributed by atoms with Gasteiger partial charge in [-0.05, 0) is 48.4 Å². The van der Waals surface area contributed by atoms with Gasteiger partial charge in [-0.2, -0.15) is 5.10 Å². The average Bonchev–Trinajstić information content (AvgIpc) is 2.73. The summed E-state index contributed by atoms with van der Waals surface area (Å²) in [4.78, 5) is 12.2. The van der Waals surface area contributed by atoms with Crippen molar-refractivity contribution in [3.05, 3.63) is 91.9 Å². The van der Waals surface area contributed by atoms with Crippen molar-refractivity contribution in [2.45, 2.75) is 13.5 Å². The number of hydrogen-bond acceptors (Lipinski definition) is 4. The van der Waals surface area contributed by atoms with Crippen LogP contribution in [0.25, 0.3) is 0 Å². The largest absolute Gasteiger partial charge is 0.493 e. The maximum Gasteiger partial charge on any atom is 0.272 e. The number of nitrogens with one attached hydrogen (secondary N) is 1. The summed E-state index contributed by atoms with van der Waals surface area (Å²) in [6.45, 7) is 2.37. The Labute approximate surface area is 195 Å². The molecule has 0 saturated heterocycles. The fraction of sp³-hybridized carbons (Fsp3) is 0.130. The molecule has 0 atom stereocenters. The second-order valence-corrected chi connectivity index (χ2v) is 7.88. The van der Waals surface area contributed by atoms with Crippen LogP contribution in [0.5, 0.6) is 11.5 Å². The lowest BCUT2D eigenvalue weighted by Gasteiger charge is -2.13. The van der Waals surface area contributed by atoms with Gasteiger partial charge in [0, 0.05) is 5.02 Å². The van der Waals surface area contributed by atoms with Crippen molar-refractivity contribution in [2.75, 3.05) is 7.11 Å². The highest BCUT2D eigenvalue weighted by Gasteiger charge is 2.13. The minimum absolute atomic E-state index is 0.236. The molecule has 5 nitrogen and oxygen atoms in total. The first kappa shape index (κ1) is 22.9. The first-order chi connectivity index (χ1) is 14.9. The van der Waals surface area contributed by atoms with Crippen molar-refractivity contribution in [1.29, 1.82) is 0 Å². The van der Waals surface area contributed by atoms with E-state index in [9.17, 15) is 4.79 Å². The first-order valence-electron chi connectivity index (χ1n) is 9.21. The van der Waals surface area contributed by atoms with Gasteiger partial charge in [-0.3, -0.25) is 4.79 Å². The predicted octanol–water partition coefficient (Wildman–Crippen LogP) is 6.31. The molecule has 0 radical (unpaired) electrons. The number of halogens is 3. The molecule has 0 spiro atoms. The predicted molar refractivity (Wildman–Crippen MR) is 125 cm³/mol. The molecule has 8 heteroatoms. The summed E-state index contributed by atoms with van der Waals surface area (Å²) in [5.74, 6) is 0.418. The summed E-state index contributed by atoms with van der Waals surface area (Å²) in [5.41, 5.74) is 5.49. The molecule has 0 unspecified atom stereocenters. The number of ether oxygens (including phenoxy) is 2. The molecule has 3 aromatic carbocycles. The van der Waals surface area contributed by atoms with Crippen molar-refractivity contribution >= 4 is 46.9 Å². The second kappa shape index (κ2) is 10.5. The van der Waals surface area contributed by atoms with E-state index in [4.69, 9.17) is 44.3 Å². The monoisotopic (exact) mass is 476 g/mol. The highest BCUT2D eigenvalue weighted by atomic mass is 35.5. The summed E-state index contributed by atoms with van der Waals surface area (Å²) < 4.78 is 11.3. The molecule has 0 aromatic heterocycles. The van der Waals surface area contributed by atoms with E-state index in [1.807, 2.05) is 31.2 Å². The van der Waals surface area contributed by atoms with Crippen molar-refractivity contribution in [3.8, 4) is 11.5 Å². The zero-order chi connectivity index (χ0) is 22.4. The Morgan fingerprint density at radius 3 is 2.45 bits per heavy atom. The standard InChI is InChI=1S/C23H19Cl3N2O3/c1-14-3-5-15(6-4-14)13-31-22-20(26)9-16(10-21(22)30-2)12-27-28-23(29)18-8-7-17(24)11-19(18)25/h3-12H,13H2,1-2H3,(H,28,29)/b27-12-. The first-order valence-corrected chi connectivity index (χ1v) is 10.3. The van der Waals surface area contributed by atoms with Crippen LogP contribution in [0.15, 0.2) is 59.7 Å². The number of hydrazone groups is 1. The summed E-state index contributed by atoms with van der Waals surface area (Å²) in [7, 11) is 1.52. The third-order valence-corrected chi connectivity index (χ3v) is 5.14. The molecule has 0 aliphatic rings. The molecule has 3 rings (SSSR count). The topological polar surface area (TPSA) is 59.9 Å². The van der Waals surface area contributed by atoms with Crippen LogP contribution in [0.3, 0.4) is 0 Å². The number of hydrogen-bond donors (Lipinski definition) is 1. The zero-order valence-electron chi connectivity index (χ0n) is 16.8. The van der Waals surface area contributed by atoms with E-state index in [0.29, 0.717) is 33.7 Å². The van der Waals surface area contributed by atoms with Crippen molar-refractivity contribution in [2.24, 2.45) is 5.10 Å². The Bertz CT molecular complexity index is 1120. The fourth-order valence-corrected chi connectivity index (χ4v) is 3.46. The molecule has 31 heavy (non-hydrogen) atoms. The number of aryl methyl sites for hydroxylation is 1. The van der Waals surface area contributed by atoms with E-state index in [1.165, 1.54) is 31.0 Å². The van der Waals surface area contributed by atoms with Crippen LogP contribution in [0, 0.1) is 6.92 Å². The number of benzene rings is 3. The molecule has 0 heterocycles. The highest BCUT2D eigenvalue weighted by Crippen LogP contribution is 2.36. The van der Waals surface area contributed by atoms with Crippen LogP contribution < -0.4 is 14.9 Å². The molecule has 0 bridgehead atoms. The number of rotatable bonds is 7. The molecule has 1 N–H and O–H groups in total. The van der Waals surface area contributed by atoms with Crippen LogP contribution in [0.1, 0.15) is 27.0 Å². The van der Waals surface area contributed by atoms with Crippen molar-refractivity contribution < 1.29 is 14.3 Å². The molecule has 1 amide bonds. The Morgan fingerprint density at radius 2 is 1.77 bits per heavy atom. The van der Waals surface area contributed by atoms with Gasteiger partial charge in [0.1, 0.15) is 6.61 Å². The van der Waals surface area contributed by atoms with E-state index in [2.05, 4.69) is 10.5 Å². The Balaban J connectivity index is 1.69. The van der Waals surface area contributed by atoms with E-state index in [1.54, 1.807) is 18.2 Å². The normalized spacial score (nSPS) is 10.9. The lowest BCUT2D eigenvalue weighted by atomic mass is 10.1. The molecular weight excluding hydrogens is 459 g/mol. The van der Waals surface area contributed by atoms with Crippen LogP contribution in [0.4, 0.5) is 0 Å². The zero-order valence-corrected chi connectivity index (χ0v) is 19.1. The molecule has 160 valence electrons. The maximum absolute atomic E-state index is 12.2. The minimum atomic E-state index is -0.464. The molecule has 0 aliphatic heterocycles. The van der Waals surface area contributed by atoms with Crippen molar-refractivity contribution in [3.63, 3.8) is 0 Å². The third kappa shape index (κ3) is 6.14. The number of amides is 1. The van der Waals surface area contributed by atoms with Crippen LogP contribution in [0.2, 0.25) is 15.1 Å². The maximum atomic E-state index is 12.2. The van der Waals surface area contributed by atoms with Crippen LogP contribution >= 0.6 is 34.8 Å². The molecule has 0 aliphatic carbocycles. The summed E-state index contributed by atoms with van der Waals surface area (Å²) >= 11 is 18.3. The number of methoxy groups -OCH3 is 1. The van der Waals surface area contributed by atoms with E-state index in [-0.39, 0.29) is 10.6 Å². The van der Waals surface area contributed by atoms with E-state index < -0.39 is 5.91 Å². The minimum Gasteiger partial charge on any atom is -0.493 e. The van der Waals surface area contributed by atoms with Gasteiger partial charge in [-0.15, -0.1) is 0 Å². The number of carbonyl (C=O) groups is 1. The van der Waals surface area contributed by atoms with Gasteiger partial charge in [0.05, 0.1) is 28.9 Å². The van der Waals surface area contributed by atoms with Crippen molar-refractivity contribution in [1.82, 2.24) is 5.43 Å². The van der Waals surface area contributed by atoms with Gasteiger partial charge in [0.15, 0.2) is 11.5 Å². The fourth-order valence-electron chi connectivity index (χ4n) is 2.69. The van der Waals surface area contributed by atoms with E-state index >= 15 is 0 Å². The quantitative estimate of drug-likeness (QED) is 0.320. The lowest BCUT2D eigenvalue weighted by Crippen LogP contribution is -2.18. The third-order valence-electron chi connectivity index (χ3n) is 4.31. The van der Waals surface area contributed by atoms with Gasteiger partial charge in [0.25, 0.3) is 5.91 Å². The Hall–Kier alpha value is -2.73. The highest BCUT2D eigenvalue weighted by molar-refractivity contribution is 6.36. The number of carbonyl (C=O) groups excluding carboxylic acids is 1. The lowest BCUT2D eigenvalue weighted by molar-refractivity contribution is 0.0955. The number of nitrogens with zero attached hydrogens (tertiary/aromatic N) is 1. The van der Waals surface area contributed by atoms with Crippen LogP contribution in [-0.4, -0.2) is 19.2 Å². The summed E-state index contributed by atoms with van der Waals surface area (Å²) in [6.07, 6.45) is 1.44. The van der Waals surface area contributed by atoms with Gasteiger partial charge < -0.3 is 9.47 Å².